The topological polar surface area (TPSA) is 46.9 Å². The van der Waals surface area contributed by atoms with Gasteiger partial charge >= 0.3 is 0 Å². The second kappa shape index (κ2) is 7.36. The van der Waals surface area contributed by atoms with Crippen molar-refractivity contribution < 1.29 is 0 Å². The fourth-order valence-corrected chi connectivity index (χ4v) is 2.32. The van der Waals surface area contributed by atoms with E-state index in [9.17, 15) is 4.79 Å². The minimum Gasteiger partial charge on any atom is -0.313 e. The van der Waals surface area contributed by atoms with E-state index in [2.05, 4.69) is 55.5 Å². The molecule has 0 fully saturated rings. The van der Waals surface area contributed by atoms with Gasteiger partial charge in [0, 0.05) is 24.2 Å². The zero-order valence-corrected chi connectivity index (χ0v) is 13.9. The molecule has 0 amide bonds. The second-order valence-corrected chi connectivity index (χ2v) is 6.08. The van der Waals surface area contributed by atoms with Crippen LogP contribution in [0.2, 0.25) is 0 Å². The maximum Gasteiger partial charge on any atom is 0.271 e. The molecule has 0 aliphatic rings. The molecule has 0 atom stereocenters. The zero-order chi connectivity index (χ0) is 16.1. The standard InChI is InChI=1S/C18H25N3O/c1-5-19-11-16-10-17(15-8-6-14(4)7-9-15)20-21(18(16)22)12-13(2)3/h6-10,13,19H,5,11-12H2,1-4H3. The summed E-state index contributed by atoms with van der Waals surface area (Å²) in [5.74, 6) is 0.380. The van der Waals surface area contributed by atoms with Crippen LogP contribution in [0.15, 0.2) is 35.1 Å². The van der Waals surface area contributed by atoms with Gasteiger partial charge in [0.25, 0.3) is 5.56 Å². The Hall–Kier alpha value is -1.94. The monoisotopic (exact) mass is 299 g/mol. The van der Waals surface area contributed by atoms with Crippen LogP contribution in [-0.2, 0) is 13.1 Å². The average molecular weight is 299 g/mol. The first kappa shape index (κ1) is 16.4. The van der Waals surface area contributed by atoms with Crippen LogP contribution < -0.4 is 10.9 Å². The number of hydrogen-bond donors (Lipinski definition) is 1. The van der Waals surface area contributed by atoms with Gasteiger partial charge in [-0.25, -0.2) is 4.68 Å². The minimum atomic E-state index is 0.00510. The molecule has 0 unspecified atom stereocenters. The van der Waals surface area contributed by atoms with Gasteiger partial charge in [-0.1, -0.05) is 50.6 Å². The van der Waals surface area contributed by atoms with Crippen molar-refractivity contribution in [2.75, 3.05) is 6.54 Å². The van der Waals surface area contributed by atoms with Gasteiger partial charge in [-0.2, -0.15) is 5.10 Å². The number of rotatable bonds is 6. The molecule has 0 saturated carbocycles. The van der Waals surface area contributed by atoms with Crippen LogP contribution in [0.3, 0.4) is 0 Å². The summed E-state index contributed by atoms with van der Waals surface area (Å²) in [4.78, 5) is 12.5. The van der Waals surface area contributed by atoms with E-state index in [0.717, 1.165) is 23.4 Å². The van der Waals surface area contributed by atoms with Gasteiger partial charge in [0.1, 0.15) is 0 Å². The molecule has 118 valence electrons. The summed E-state index contributed by atoms with van der Waals surface area (Å²) in [5.41, 5.74) is 3.89. The van der Waals surface area contributed by atoms with Crippen molar-refractivity contribution in [1.29, 1.82) is 0 Å². The summed E-state index contributed by atoms with van der Waals surface area (Å²) < 4.78 is 1.60. The average Bonchev–Trinajstić information content (AvgIpc) is 2.48. The fraction of sp³-hybridized carbons (Fsp3) is 0.444. The van der Waals surface area contributed by atoms with Crippen molar-refractivity contribution in [1.82, 2.24) is 15.1 Å². The van der Waals surface area contributed by atoms with Crippen molar-refractivity contribution in [2.24, 2.45) is 5.92 Å². The highest BCUT2D eigenvalue weighted by Gasteiger charge is 2.11. The molecule has 22 heavy (non-hydrogen) atoms. The lowest BCUT2D eigenvalue weighted by atomic mass is 10.1. The van der Waals surface area contributed by atoms with Crippen LogP contribution in [0.25, 0.3) is 11.3 Å². The van der Waals surface area contributed by atoms with Gasteiger partial charge in [0.05, 0.1) is 5.69 Å². The molecule has 4 nitrogen and oxygen atoms in total. The molecule has 1 aromatic carbocycles. The lowest BCUT2D eigenvalue weighted by Gasteiger charge is -2.13. The molecule has 1 heterocycles. The van der Waals surface area contributed by atoms with Crippen LogP contribution in [0, 0.1) is 12.8 Å². The minimum absolute atomic E-state index is 0.00510. The van der Waals surface area contributed by atoms with Crippen molar-refractivity contribution >= 4 is 0 Å². The normalized spacial score (nSPS) is 11.1. The highest BCUT2D eigenvalue weighted by Crippen LogP contribution is 2.17. The third-order valence-corrected chi connectivity index (χ3v) is 3.50. The quantitative estimate of drug-likeness (QED) is 0.892. The third kappa shape index (κ3) is 4.04. The molecule has 0 bridgehead atoms. The smallest absolute Gasteiger partial charge is 0.271 e. The summed E-state index contributed by atoms with van der Waals surface area (Å²) in [5, 5.41) is 7.79. The summed E-state index contributed by atoms with van der Waals surface area (Å²) in [6.45, 7) is 10.3. The lowest BCUT2D eigenvalue weighted by molar-refractivity contribution is 0.461. The Kier molecular flexibility index (Phi) is 5.50. The van der Waals surface area contributed by atoms with E-state index < -0.39 is 0 Å². The predicted molar refractivity (Wildman–Crippen MR) is 90.9 cm³/mol. The Balaban J connectivity index is 2.48. The largest absolute Gasteiger partial charge is 0.313 e. The first-order valence-corrected chi connectivity index (χ1v) is 7.90. The molecule has 1 N–H and O–H groups in total. The Morgan fingerprint density at radius 2 is 1.91 bits per heavy atom. The molecule has 0 spiro atoms. The Morgan fingerprint density at radius 3 is 2.50 bits per heavy atom. The molecule has 0 saturated heterocycles. The first-order valence-electron chi connectivity index (χ1n) is 7.90. The Bertz CT molecular complexity index is 672. The van der Waals surface area contributed by atoms with Crippen molar-refractivity contribution in [3.63, 3.8) is 0 Å². The maximum absolute atomic E-state index is 12.5. The van der Waals surface area contributed by atoms with E-state index in [1.165, 1.54) is 5.56 Å². The van der Waals surface area contributed by atoms with Gasteiger partial charge in [-0.05, 0) is 25.5 Å². The maximum atomic E-state index is 12.5. The second-order valence-electron chi connectivity index (χ2n) is 6.08. The number of nitrogens with zero attached hydrogens (tertiary/aromatic N) is 2. The number of aromatic nitrogens is 2. The van der Waals surface area contributed by atoms with Gasteiger partial charge in [-0.15, -0.1) is 0 Å². The molecule has 0 aliphatic carbocycles. The zero-order valence-electron chi connectivity index (χ0n) is 13.9. The van der Waals surface area contributed by atoms with Crippen LogP contribution in [-0.4, -0.2) is 16.3 Å². The van der Waals surface area contributed by atoms with Crippen LogP contribution in [0.1, 0.15) is 31.9 Å². The van der Waals surface area contributed by atoms with Crippen LogP contribution >= 0.6 is 0 Å². The lowest BCUT2D eigenvalue weighted by Crippen LogP contribution is -2.30. The highest BCUT2D eigenvalue weighted by molar-refractivity contribution is 5.59. The number of hydrogen-bond acceptors (Lipinski definition) is 3. The Morgan fingerprint density at radius 1 is 1.23 bits per heavy atom. The summed E-state index contributed by atoms with van der Waals surface area (Å²) in [7, 11) is 0. The molecule has 0 aliphatic heterocycles. The van der Waals surface area contributed by atoms with E-state index in [-0.39, 0.29) is 5.56 Å². The van der Waals surface area contributed by atoms with Crippen molar-refractivity contribution in [3.05, 3.63) is 51.8 Å². The molecule has 2 rings (SSSR count). The van der Waals surface area contributed by atoms with E-state index >= 15 is 0 Å². The molecular formula is C18H25N3O. The predicted octanol–water partition coefficient (Wildman–Crippen LogP) is 2.98. The molecule has 2 aromatic rings. The van der Waals surface area contributed by atoms with Gasteiger partial charge in [0.15, 0.2) is 0 Å². The van der Waals surface area contributed by atoms with Gasteiger partial charge in [-0.3, -0.25) is 4.79 Å². The highest BCUT2D eigenvalue weighted by atomic mass is 16.1. The van der Waals surface area contributed by atoms with Crippen LogP contribution in [0.4, 0.5) is 0 Å². The number of benzene rings is 1. The number of aryl methyl sites for hydroxylation is 1. The molecular weight excluding hydrogens is 274 g/mol. The van der Waals surface area contributed by atoms with E-state index in [4.69, 9.17) is 0 Å². The molecule has 0 radical (unpaired) electrons. The Labute approximate surface area is 132 Å². The summed E-state index contributed by atoms with van der Waals surface area (Å²) in [6, 6.07) is 10.2. The third-order valence-electron chi connectivity index (χ3n) is 3.50. The van der Waals surface area contributed by atoms with E-state index in [1.54, 1.807) is 4.68 Å². The van der Waals surface area contributed by atoms with E-state index in [1.807, 2.05) is 13.0 Å². The SMILES string of the molecule is CCNCc1cc(-c2ccc(C)cc2)nn(CC(C)C)c1=O. The first-order chi connectivity index (χ1) is 10.5. The number of nitrogens with one attached hydrogen (secondary N) is 1. The van der Waals surface area contributed by atoms with Gasteiger partial charge in [0.2, 0.25) is 0 Å². The molecule has 1 aromatic heterocycles. The van der Waals surface area contributed by atoms with Crippen molar-refractivity contribution in [3.8, 4) is 11.3 Å². The summed E-state index contributed by atoms with van der Waals surface area (Å²) in [6.07, 6.45) is 0. The van der Waals surface area contributed by atoms with Crippen molar-refractivity contribution in [2.45, 2.75) is 40.8 Å². The fourth-order valence-electron chi connectivity index (χ4n) is 2.32. The van der Waals surface area contributed by atoms with Gasteiger partial charge < -0.3 is 5.32 Å². The van der Waals surface area contributed by atoms with Crippen LogP contribution in [0.5, 0.6) is 0 Å². The van der Waals surface area contributed by atoms with E-state index in [0.29, 0.717) is 19.0 Å². The summed E-state index contributed by atoms with van der Waals surface area (Å²) >= 11 is 0. The molecule has 4 heteroatoms.